The molecule has 2 aromatic rings. The van der Waals surface area contributed by atoms with Crippen molar-refractivity contribution in [3.05, 3.63) is 41.3 Å². The molecule has 2 heterocycles. The van der Waals surface area contributed by atoms with Crippen LogP contribution in [0.1, 0.15) is 41.7 Å². The van der Waals surface area contributed by atoms with E-state index in [1.165, 1.54) is 12.1 Å². The van der Waals surface area contributed by atoms with Crippen LogP contribution < -0.4 is 5.32 Å². The summed E-state index contributed by atoms with van der Waals surface area (Å²) in [6, 6.07) is 6.59. The lowest BCUT2D eigenvalue weighted by atomic mass is 10.1. The second-order valence-corrected chi connectivity index (χ2v) is 7.47. The number of halogens is 1. The van der Waals surface area contributed by atoms with Gasteiger partial charge < -0.3 is 10.4 Å². The largest absolute Gasteiger partial charge is 0.392 e. The van der Waals surface area contributed by atoms with E-state index >= 15 is 0 Å². The average Bonchev–Trinajstić information content (AvgIpc) is 3.22. The normalized spacial score (nSPS) is 26.5. The van der Waals surface area contributed by atoms with Crippen molar-refractivity contribution >= 4 is 16.8 Å². The van der Waals surface area contributed by atoms with Crippen molar-refractivity contribution in [3.8, 4) is 0 Å². The summed E-state index contributed by atoms with van der Waals surface area (Å²) in [5.41, 5.74) is 1.70. The summed E-state index contributed by atoms with van der Waals surface area (Å²) < 4.78 is 13.4. The van der Waals surface area contributed by atoms with E-state index in [1.807, 2.05) is 0 Å². The minimum Gasteiger partial charge on any atom is -0.392 e. The van der Waals surface area contributed by atoms with Gasteiger partial charge in [0.25, 0.3) is 5.91 Å². The molecule has 5 nitrogen and oxygen atoms in total. The van der Waals surface area contributed by atoms with E-state index in [1.54, 1.807) is 19.1 Å². The van der Waals surface area contributed by atoms with Crippen LogP contribution in [-0.2, 0) is 0 Å². The average molecular weight is 357 g/mol. The molecule has 26 heavy (non-hydrogen) atoms. The number of benzene rings is 1. The fourth-order valence-electron chi connectivity index (χ4n) is 4.33. The lowest BCUT2D eigenvalue weighted by Crippen LogP contribution is -2.48. The van der Waals surface area contributed by atoms with Crippen LogP contribution in [0, 0.1) is 12.7 Å². The quantitative estimate of drug-likeness (QED) is 0.885. The number of pyridine rings is 1. The van der Waals surface area contributed by atoms with Crippen molar-refractivity contribution in [2.45, 2.75) is 50.8 Å². The number of aliphatic hydroxyl groups is 1. The number of aryl methyl sites for hydroxylation is 1. The van der Waals surface area contributed by atoms with Crippen LogP contribution in [0.2, 0.25) is 0 Å². The van der Waals surface area contributed by atoms with Gasteiger partial charge in [0, 0.05) is 36.6 Å². The topological polar surface area (TPSA) is 65.5 Å². The number of fused-ring (bicyclic) bond motifs is 1. The van der Waals surface area contributed by atoms with Gasteiger partial charge in [-0.15, -0.1) is 0 Å². The van der Waals surface area contributed by atoms with Gasteiger partial charge >= 0.3 is 0 Å². The maximum atomic E-state index is 13.4. The minimum atomic E-state index is -0.330. The van der Waals surface area contributed by atoms with Gasteiger partial charge in [0.15, 0.2) is 0 Å². The van der Waals surface area contributed by atoms with Crippen LogP contribution in [0.15, 0.2) is 24.3 Å². The molecule has 1 aromatic heterocycles. The molecular weight excluding hydrogens is 333 g/mol. The third-order valence-corrected chi connectivity index (χ3v) is 5.67. The molecule has 4 rings (SSSR count). The number of nitrogens with one attached hydrogen (secondary N) is 1. The maximum Gasteiger partial charge on any atom is 0.253 e. The first-order valence-corrected chi connectivity index (χ1v) is 9.31. The van der Waals surface area contributed by atoms with Crippen molar-refractivity contribution in [2.75, 3.05) is 13.1 Å². The van der Waals surface area contributed by atoms with Crippen molar-refractivity contribution in [3.63, 3.8) is 0 Å². The molecule has 2 N–H and O–H groups in total. The van der Waals surface area contributed by atoms with E-state index in [9.17, 15) is 14.3 Å². The summed E-state index contributed by atoms with van der Waals surface area (Å²) in [6.45, 7) is 3.36. The molecule has 0 radical (unpaired) electrons. The van der Waals surface area contributed by atoms with Crippen LogP contribution >= 0.6 is 0 Å². The Hall–Kier alpha value is -2.05. The highest BCUT2D eigenvalue weighted by Gasteiger charge is 2.36. The second-order valence-electron chi connectivity index (χ2n) is 7.47. The third kappa shape index (κ3) is 3.31. The molecule has 1 aliphatic heterocycles. The highest BCUT2D eigenvalue weighted by molar-refractivity contribution is 5.98. The minimum absolute atomic E-state index is 0.0936. The molecule has 1 saturated heterocycles. The summed E-state index contributed by atoms with van der Waals surface area (Å²) in [6.07, 6.45) is 3.64. The highest BCUT2D eigenvalue weighted by Crippen LogP contribution is 2.28. The summed E-state index contributed by atoms with van der Waals surface area (Å²) in [4.78, 5) is 19.6. The third-order valence-electron chi connectivity index (χ3n) is 5.67. The molecule has 138 valence electrons. The van der Waals surface area contributed by atoms with E-state index in [-0.39, 0.29) is 23.9 Å². The van der Waals surface area contributed by atoms with Crippen LogP contribution in [0.4, 0.5) is 4.39 Å². The van der Waals surface area contributed by atoms with Crippen LogP contribution in [0.25, 0.3) is 10.9 Å². The Morgan fingerprint density at radius 1 is 1.31 bits per heavy atom. The van der Waals surface area contributed by atoms with E-state index in [4.69, 9.17) is 0 Å². The molecule has 1 aliphatic carbocycles. The number of likely N-dealkylation sites (tertiary alicyclic amines) is 1. The molecule has 1 unspecified atom stereocenters. The molecule has 0 spiro atoms. The van der Waals surface area contributed by atoms with Crippen LogP contribution in [0.5, 0.6) is 0 Å². The number of aromatic nitrogens is 1. The maximum absolute atomic E-state index is 13.4. The summed E-state index contributed by atoms with van der Waals surface area (Å²) in [5, 5.41) is 13.7. The summed E-state index contributed by atoms with van der Waals surface area (Å²) >= 11 is 0. The Bertz CT molecular complexity index is 841. The van der Waals surface area contributed by atoms with Crippen molar-refractivity contribution in [2.24, 2.45) is 0 Å². The van der Waals surface area contributed by atoms with Gasteiger partial charge in [0.05, 0.1) is 22.9 Å². The second kappa shape index (κ2) is 6.93. The molecule has 1 amide bonds. The van der Waals surface area contributed by atoms with Gasteiger partial charge in [-0.05, 0) is 50.8 Å². The van der Waals surface area contributed by atoms with E-state index in [0.29, 0.717) is 29.4 Å². The first-order chi connectivity index (χ1) is 12.5. The number of aliphatic hydroxyl groups excluding tert-OH is 1. The Balaban J connectivity index is 1.53. The van der Waals surface area contributed by atoms with Crippen LogP contribution in [0.3, 0.4) is 0 Å². The van der Waals surface area contributed by atoms with Gasteiger partial charge in [-0.1, -0.05) is 0 Å². The zero-order valence-corrected chi connectivity index (χ0v) is 14.9. The first-order valence-electron chi connectivity index (χ1n) is 9.31. The summed E-state index contributed by atoms with van der Waals surface area (Å²) in [7, 11) is 0. The number of nitrogens with zero attached hydrogens (tertiary/aromatic N) is 2. The number of carbonyl (C=O) groups excluding carboxylic acids is 1. The Labute approximate surface area is 152 Å². The van der Waals surface area contributed by atoms with Crippen LogP contribution in [-0.4, -0.2) is 52.2 Å². The number of β-amino-alcohol motifs (C(OH)–C–C–N with tert-alkyl or cyclic N) is 1. The number of hydrogen-bond acceptors (Lipinski definition) is 4. The Morgan fingerprint density at radius 3 is 2.92 bits per heavy atom. The Morgan fingerprint density at radius 2 is 2.15 bits per heavy atom. The van der Waals surface area contributed by atoms with Crippen molar-refractivity contribution in [1.29, 1.82) is 0 Å². The van der Waals surface area contributed by atoms with E-state index < -0.39 is 0 Å². The summed E-state index contributed by atoms with van der Waals surface area (Å²) in [5.74, 6) is -0.457. The standard InChI is InChI=1S/C20H24FN3O2/c1-12-16(9-13-5-6-14(21)10-18(13)22-12)20(26)23-17-3-2-4-19(17)24-8-7-15(25)11-24/h5-6,9-10,15,17,19,25H,2-4,7-8,11H2,1H3,(H,23,26)/t15?,17-,19+/m1/s1. The fourth-order valence-corrected chi connectivity index (χ4v) is 4.33. The highest BCUT2D eigenvalue weighted by atomic mass is 19.1. The van der Waals surface area contributed by atoms with Gasteiger partial charge in [-0.2, -0.15) is 0 Å². The smallest absolute Gasteiger partial charge is 0.253 e. The van der Waals surface area contributed by atoms with E-state index in [2.05, 4.69) is 15.2 Å². The SMILES string of the molecule is Cc1nc2cc(F)ccc2cc1C(=O)N[C@@H]1CCC[C@@H]1N1CCC(O)C1. The monoisotopic (exact) mass is 357 g/mol. The predicted octanol–water partition coefficient (Wildman–Crippen LogP) is 2.40. The number of hydrogen-bond donors (Lipinski definition) is 2. The molecule has 0 bridgehead atoms. The number of rotatable bonds is 3. The molecule has 1 aromatic carbocycles. The molecular formula is C20H24FN3O2. The molecule has 3 atom stereocenters. The lowest BCUT2D eigenvalue weighted by Gasteiger charge is -2.29. The fraction of sp³-hybridized carbons (Fsp3) is 0.500. The molecule has 1 saturated carbocycles. The van der Waals surface area contributed by atoms with Gasteiger partial charge in [0.1, 0.15) is 5.82 Å². The lowest BCUT2D eigenvalue weighted by molar-refractivity contribution is 0.0905. The van der Waals surface area contributed by atoms with Crippen molar-refractivity contribution in [1.82, 2.24) is 15.2 Å². The predicted molar refractivity (Wildman–Crippen MR) is 97.5 cm³/mol. The molecule has 2 aliphatic rings. The zero-order valence-electron chi connectivity index (χ0n) is 14.9. The molecule has 2 fully saturated rings. The number of carbonyl (C=O) groups is 1. The number of amides is 1. The first kappa shape index (κ1) is 17.4. The molecule has 6 heteroatoms. The van der Waals surface area contributed by atoms with Gasteiger partial charge in [-0.25, -0.2) is 4.39 Å². The Kier molecular flexibility index (Phi) is 4.63. The van der Waals surface area contributed by atoms with Crippen molar-refractivity contribution < 1.29 is 14.3 Å². The zero-order chi connectivity index (χ0) is 18.3. The van der Waals surface area contributed by atoms with Gasteiger partial charge in [0.2, 0.25) is 0 Å². The van der Waals surface area contributed by atoms with E-state index in [0.717, 1.165) is 37.6 Å². The van der Waals surface area contributed by atoms with Gasteiger partial charge in [-0.3, -0.25) is 14.7 Å².